The number of quaternary nitrogens is 3. The normalized spacial score (nSPS) is 13.2. The third-order valence-electron chi connectivity index (χ3n) is 5.70. The Kier molecular flexibility index (Phi) is 18.8. The van der Waals surface area contributed by atoms with E-state index < -0.39 is 0 Å². The number of aliphatic hydroxyl groups excluding tert-OH is 1. The highest BCUT2D eigenvalue weighted by molar-refractivity contribution is 5.81. The van der Waals surface area contributed by atoms with Crippen molar-refractivity contribution in [2.45, 2.75) is 52.6 Å². The van der Waals surface area contributed by atoms with Crippen LogP contribution in [0.3, 0.4) is 0 Å². The van der Waals surface area contributed by atoms with E-state index in [-0.39, 0.29) is 45.5 Å². The number of aliphatic hydroxyl groups is 1. The van der Waals surface area contributed by atoms with E-state index in [0.29, 0.717) is 24.1 Å². The molecule has 202 valence electrons. The number of carbonyl (C=O) groups excluding carboxylic acids is 2. The number of nitrogens with zero attached hydrogens (tertiary/aromatic N) is 3. The molecule has 1 amide bonds. The Hall–Kier alpha value is -1.02. The average Bonchev–Trinajstić information content (AvgIpc) is 2.53. The van der Waals surface area contributed by atoms with E-state index in [1.165, 1.54) is 0 Å². The average molecular weight is 477 g/mol. The van der Waals surface area contributed by atoms with Crippen LogP contribution in [0.1, 0.15) is 46.5 Å². The Morgan fingerprint density at radius 3 is 1.85 bits per heavy atom. The molecule has 0 rings (SSSR count). The molecule has 0 aliphatic carbocycles. The smallest absolute Gasteiger partial charge is 0.229 e. The first-order chi connectivity index (χ1) is 13.4. The number of Topliss-reactive ketones (excluding diaryl/α,β-unsaturated/α-hetero) is 1. The summed E-state index contributed by atoms with van der Waals surface area (Å²) in [4.78, 5) is 24.7. The van der Waals surface area contributed by atoms with Gasteiger partial charge in [0.1, 0.15) is 19.6 Å². The van der Waals surface area contributed by atoms with Gasteiger partial charge in [-0.2, -0.15) is 0 Å². The number of likely N-dealkylation sites (N-methyl/N-ethyl adjacent to an activating group) is 3. The predicted molar refractivity (Wildman–Crippen MR) is 143 cm³/mol. The second kappa shape index (κ2) is 15.8. The lowest BCUT2D eigenvalue weighted by atomic mass is 9.89. The molecule has 0 fully saturated rings. The number of hydrogen-bond acceptors (Lipinski definition) is 3. The Morgan fingerprint density at radius 1 is 0.879 bits per heavy atom. The van der Waals surface area contributed by atoms with Crippen molar-refractivity contribution < 1.29 is 28.1 Å². The largest absolute Gasteiger partial charge is 0.382 e. The first-order valence-corrected chi connectivity index (χ1v) is 11.3. The highest BCUT2D eigenvalue weighted by Crippen LogP contribution is 2.19. The monoisotopic (exact) mass is 476 g/mol. The van der Waals surface area contributed by atoms with Crippen LogP contribution in [-0.4, -0.2) is 119 Å². The summed E-state index contributed by atoms with van der Waals surface area (Å²) >= 11 is 0. The maximum atomic E-state index is 12.4. The number of nitrogens with one attached hydrogen (secondary N) is 1. The van der Waals surface area contributed by atoms with E-state index in [2.05, 4.69) is 40.6 Å². The summed E-state index contributed by atoms with van der Waals surface area (Å²) < 4.78 is 1.97. The Balaban J connectivity index is -0.00000140. The van der Waals surface area contributed by atoms with Gasteiger partial charge in [0.05, 0.1) is 55.9 Å². The zero-order valence-electron chi connectivity index (χ0n) is 24.5. The van der Waals surface area contributed by atoms with Gasteiger partial charge in [0, 0.05) is 11.8 Å². The summed E-state index contributed by atoms with van der Waals surface area (Å²) in [6.07, 6.45) is 2.85. The topological polar surface area (TPSA) is 66.4 Å². The van der Waals surface area contributed by atoms with Crippen molar-refractivity contribution in [2.24, 2.45) is 5.41 Å². The van der Waals surface area contributed by atoms with Gasteiger partial charge in [0.15, 0.2) is 18.6 Å². The molecule has 1 unspecified atom stereocenters. The van der Waals surface area contributed by atoms with Gasteiger partial charge in [0.25, 0.3) is 0 Å². The van der Waals surface area contributed by atoms with Gasteiger partial charge >= 0.3 is 0 Å². The molecule has 33 heavy (non-hydrogen) atoms. The van der Waals surface area contributed by atoms with E-state index in [1.807, 2.05) is 34.9 Å². The van der Waals surface area contributed by atoms with Crippen molar-refractivity contribution in [3.63, 3.8) is 0 Å². The fraction of sp³-hybridized carbons (Fsp3) is 0.808. The maximum Gasteiger partial charge on any atom is 0.229 e. The van der Waals surface area contributed by atoms with Crippen molar-refractivity contribution in [3.05, 3.63) is 22.3 Å². The van der Waals surface area contributed by atoms with Crippen LogP contribution in [0.15, 0.2) is 0 Å². The van der Waals surface area contributed by atoms with Gasteiger partial charge in [-0.05, 0) is 19.3 Å². The quantitative estimate of drug-likeness (QED) is 0.165. The highest BCUT2D eigenvalue weighted by atomic mass is 16.3. The molecule has 0 aromatic carbocycles. The minimum absolute atomic E-state index is 0. The fourth-order valence-corrected chi connectivity index (χ4v) is 3.51. The summed E-state index contributed by atoms with van der Waals surface area (Å²) in [6.45, 7) is 9.18. The number of amides is 1. The van der Waals surface area contributed by atoms with Crippen LogP contribution in [0.4, 0.5) is 0 Å². The van der Waals surface area contributed by atoms with Gasteiger partial charge in [-0.25, -0.2) is 0 Å². The summed E-state index contributed by atoms with van der Waals surface area (Å²) in [5, 5.41) is 13.3. The van der Waals surface area contributed by atoms with Crippen LogP contribution in [0.2, 0.25) is 0 Å². The predicted octanol–water partition coefficient (Wildman–Crippen LogP) is 2.81. The van der Waals surface area contributed by atoms with Gasteiger partial charge in [-0.1, -0.05) is 20.8 Å². The van der Waals surface area contributed by atoms with Gasteiger partial charge in [-0.15, -0.1) is 0 Å². The third-order valence-corrected chi connectivity index (χ3v) is 5.70. The lowest BCUT2D eigenvalue weighted by molar-refractivity contribution is -0.907. The van der Waals surface area contributed by atoms with E-state index in [1.54, 1.807) is 0 Å². The highest BCUT2D eigenvalue weighted by Gasteiger charge is 2.28. The maximum absolute atomic E-state index is 12.4. The van der Waals surface area contributed by atoms with Gasteiger partial charge in [0.2, 0.25) is 5.91 Å². The number of rotatable bonds is 15. The number of carbonyl (C=O) groups is 2. The molecule has 0 aliphatic heterocycles. The molecule has 0 saturated heterocycles. The van der Waals surface area contributed by atoms with Crippen molar-refractivity contribution in [3.8, 4) is 0 Å². The van der Waals surface area contributed by atoms with Crippen LogP contribution in [0.25, 0.3) is 0 Å². The zero-order valence-corrected chi connectivity index (χ0v) is 24.5. The van der Waals surface area contributed by atoms with E-state index >= 15 is 0 Å². The summed E-state index contributed by atoms with van der Waals surface area (Å²) in [6, 6.07) is 0. The molecule has 0 aliphatic rings. The minimum Gasteiger partial charge on any atom is -0.382 e. The molecular weight excluding hydrogens is 416 g/mol. The molecule has 0 spiro atoms. The van der Waals surface area contributed by atoms with Crippen LogP contribution >= 0.6 is 0 Å². The molecule has 0 aromatic heterocycles. The Morgan fingerprint density at radius 2 is 1.39 bits per heavy atom. The van der Waals surface area contributed by atoms with Crippen LogP contribution in [-0.2, 0) is 9.59 Å². The Bertz CT molecular complexity index is 552. The van der Waals surface area contributed by atoms with E-state index in [9.17, 15) is 14.7 Å². The van der Waals surface area contributed by atoms with Crippen LogP contribution < -0.4 is 5.32 Å². The van der Waals surface area contributed by atoms with Gasteiger partial charge < -0.3 is 46.2 Å². The summed E-state index contributed by atoms with van der Waals surface area (Å²) in [7, 11) is 14.5. The standard InChI is InChI=1S/C23H50N4O3.3CH3/c1-11-23(2,3)22(30)24-19-27(9,10)17-20(28)14-12-13-15-26(7,8)18-21(29)16-25(4,5)6;;;/h21,29H,11-19H2,1-10H3;3*1H3/q+2;3*-1/p+1. The molecule has 2 N–H and O–H groups in total. The SMILES string of the molecule is CCC(C)(C)C(=O)NC[N+](C)(C)CC(=O)CCCC[N+](C)(C)CC(O)C[N+](C)(C)C.[CH3-].[CH3-].[CH3-]. The molecular formula is C26H60N4O3. The van der Waals surface area contributed by atoms with Crippen molar-refractivity contribution in [1.82, 2.24) is 5.32 Å². The van der Waals surface area contributed by atoms with Crippen molar-refractivity contribution in [2.75, 3.05) is 82.2 Å². The molecule has 0 heterocycles. The summed E-state index contributed by atoms with van der Waals surface area (Å²) in [5.41, 5.74) is -0.380. The second-order valence-corrected chi connectivity index (χ2v) is 12.0. The molecule has 7 heteroatoms. The van der Waals surface area contributed by atoms with Crippen molar-refractivity contribution in [1.29, 1.82) is 0 Å². The van der Waals surface area contributed by atoms with Crippen LogP contribution in [0.5, 0.6) is 0 Å². The molecule has 0 radical (unpaired) electrons. The first-order valence-electron chi connectivity index (χ1n) is 11.3. The van der Waals surface area contributed by atoms with E-state index in [0.717, 1.165) is 47.9 Å². The molecule has 1 atom stereocenters. The third kappa shape index (κ3) is 19.0. The van der Waals surface area contributed by atoms with Gasteiger partial charge in [-0.3, -0.25) is 9.59 Å². The molecule has 7 nitrogen and oxygen atoms in total. The minimum atomic E-state index is -0.380. The number of ketones is 1. The lowest BCUT2D eigenvalue weighted by Gasteiger charge is -2.34. The van der Waals surface area contributed by atoms with Crippen LogP contribution in [0, 0.1) is 27.7 Å². The first kappa shape index (κ1) is 39.2. The molecule has 0 bridgehead atoms. The molecule has 0 saturated carbocycles. The number of hydrogen-bond donors (Lipinski definition) is 2. The fourth-order valence-electron chi connectivity index (χ4n) is 3.51. The molecule has 0 aromatic rings. The second-order valence-electron chi connectivity index (χ2n) is 12.0. The van der Waals surface area contributed by atoms with Crippen molar-refractivity contribution >= 4 is 11.7 Å². The number of unbranched alkanes of at least 4 members (excludes halogenated alkanes) is 1. The Labute approximate surface area is 207 Å². The summed E-state index contributed by atoms with van der Waals surface area (Å²) in [5.74, 6) is 0.274. The van der Waals surface area contributed by atoms with E-state index in [4.69, 9.17) is 0 Å². The lowest BCUT2D eigenvalue weighted by Crippen LogP contribution is -2.53. The zero-order chi connectivity index (χ0) is 23.8.